The number of anilines is 1. The maximum Gasteiger partial charge on any atom is 0.341 e. The van der Waals surface area contributed by atoms with Crippen molar-refractivity contribution in [3.8, 4) is 0 Å². The fourth-order valence-electron chi connectivity index (χ4n) is 4.96. The summed E-state index contributed by atoms with van der Waals surface area (Å²) in [6.45, 7) is 3.68. The molecule has 0 bridgehead atoms. The zero-order chi connectivity index (χ0) is 25.1. The molecular weight excluding hydrogens is 455 g/mol. The molecule has 2 aliphatic carbocycles. The molecule has 2 heterocycles. The third-order valence-corrected chi connectivity index (χ3v) is 7.26. The Hall–Kier alpha value is -2.98. The predicted molar refractivity (Wildman–Crippen MR) is 131 cm³/mol. The number of rotatable bonds is 5. The zero-order valence-corrected chi connectivity index (χ0v) is 19.7. The molecule has 2 saturated carbocycles. The van der Waals surface area contributed by atoms with Crippen LogP contribution in [0.25, 0.3) is 10.9 Å². The smallest absolute Gasteiger partial charge is 0.341 e. The number of pyridine rings is 1. The Balaban J connectivity index is 0.000000221. The van der Waals surface area contributed by atoms with Crippen LogP contribution in [0.2, 0.25) is 0 Å². The molecule has 1 aliphatic heterocycles. The SMILES string of the molecule is NCC1CCC(C(=O)O)CC1.O=C(O)c1cn(C2CC2)c2cc(N3CCNCC3)c(F)cc2c1=O. The van der Waals surface area contributed by atoms with Crippen LogP contribution in [0.3, 0.4) is 0 Å². The fourth-order valence-corrected chi connectivity index (χ4v) is 4.96. The molecule has 1 aromatic carbocycles. The number of carboxylic acids is 2. The minimum absolute atomic E-state index is 0.0993. The van der Waals surface area contributed by atoms with Gasteiger partial charge < -0.3 is 30.7 Å². The van der Waals surface area contributed by atoms with Crippen molar-refractivity contribution in [1.82, 2.24) is 9.88 Å². The van der Waals surface area contributed by atoms with Gasteiger partial charge in [-0.3, -0.25) is 9.59 Å². The molecule has 0 atom stereocenters. The van der Waals surface area contributed by atoms with Gasteiger partial charge in [0.05, 0.1) is 17.1 Å². The van der Waals surface area contributed by atoms with Crippen LogP contribution in [0.5, 0.6) is 0 Å². The van der Waals surface area contributed by atoms with Crippen molar-refractivity contribution in [3.63, 3.8) is 0 Å². The highest BCUT2D eigenvalue weighted by molar-refractivity contribution is 5.93. The van der Waals surface area contributed by atoms with Gasteiger partial charge in [-0.25, -0.2) is 9.18 Å². The zero-order valence-electron chi connectivity index (χ0n) is 19.7. The number of carboxylic acid groups (broad SMARTS) is 2. The van der Waals surface area contributed by atoms with Gasteiger partial charge in [0.1, 0.15) is 11.4 Å². The predicted octanol–water partition coefficient (Wildman–Crippen LogP) is 2.42. The summed E-state index contributed by atoms with van der Waals surface area (Å²) in [5.74, 6) is -1.92. The first-order valence-electron chi connectivity index (χ1n) is 12.3. The normalized spacial score (nSPS) is 22.4. The number of halogens is 1. The van der Waals surface area contributed by atoms with E-state index in [2.05, 4.69) is 5.32 Å². The van der Waals surface area contributed by atoms with Gasteiger partial charge in [0, 0.05) is 43.8 Å². The lowest BCUT2D eigenvalue weighted by atomic mass is 9.82. The number of hydrogen-bond acceptors (Lipinski definition) is 6. The summed E-state index contributed by atoms with van der Waals surface area (Å²) in [5.41, 5.74) is 5.64. The van der Waals surface area contributed by atoms with Gasteiger partial charge >= 0.3 is 11.9 Å². The molecule has 5 rings (SSSR count). The molecule has 1 saturated heterocycles. The first kappa shape index (κ1) is 25.1. The first-order valence-corrected chi connectivity index (χ1v) is 12.3. The van der Waals surface area contributed by atoms with E-state index in [-0.39, 0.29) is 22.9 Å². The largest absolute Gasteiger partial charge is 0.481 e. The minimum Gasteiger partial charge on any atom is -0.481 e. The van der Waals surface area contributed by atoms with Crippen molar-refractivity contribution in [3.05, 3.63) is 39.9 Å². The van der Waals surface area contributed by atoms with E-state index in [1.165, 1.54) is 12.3 Å². The van der Waals surface area contributed by atoms with E-state index < -0.39 is 23.2 Å². The standard InChI is InChI=1S/C17H18FN3O3.C8H15NO2/c18-13-7-11-14(8-15(13)20-5-3-19-4-6-20)21(10-1-2-10)9-12(16(11)22)17(23)24;9-5-6-1-3-7(4-2-6)8(10)11/h7-10,19H,1-6H2,(H,23,24);6-7H,1-5,9H2,(H,10,11). The third-order valence-electron chi connectivity index (χ3n) is 7.26. The molecule has 2 aromatic rings. The maximum atomic E-state index is 14.6. The average Bonchev–Trinajstić information content (AvgIpc) is 3.70. The summed E-state index contributed by atoms with van der Waals surface area (Å²) in [7, 11) is 0. The summed E-state index contributed by atoms with van der Waals surface area (Å²) < 4.78 is 16.4. The number of nitrogens with one attached hydrogen (secondary N) is 1. The summed E-state index contributed by atoms with van der Waals surface area (Å²) in [6.07, 6.45) is 6.91. The Morgan fingerprint density at radius 1 is 1.06 bits per heavy atom. The van der Waals surface area contributed by atoms with Crippen LogP contribution in [0.4, 0.5) is 10.1 Å². The van der Waals surface area contributed by atoms with E-state index in [0.717, 1.165) is 51.6 Å². The Morgan fingerprint density at radius 3 is 2.26 bits per heavy atom. The number of aromatic nitrogens is 1. The highest BCUT2D eigenvalue weighted by atomic mass is 19.1. The second-order valence-electron chi connectivity index (χ2n) is 9.66. The number of aliphatic carboxylic acids is 1. The molecule has 9 nitrogen and oxygen atoms in total. The molecule has 3 fully saturated rings. The first-order chi connectivity index (χ1) is 16.8. The molecule has 1 aromatic heterocycles. The van der Waals surface area contributed by atoms with Crippen molar-refractivity contribution in [2.75, 3.05) is 37.6 Å². The minimum atomic E-state index is -1.28. The number of benzene rings is 1. The number of piperazine rings is 1. The highest BCUT2D eigenvalue weighted by Gasteiger charge is 2.28. The number of fused-ring (bicyclic) bond motifs is 1. The van der Waals surface area contributed by atoms with Gasteiger partial charge in [-0.05, 0) is 63.1 Å². The van der Waals surface area contributed by atoms with Gasteiger partial charge in [0.2, 0.25) is 5.43 Å². The average molecular weight is 489 g/mol. The van der Waals surface area contributed by atoms with E-state index in [1.54, 1.807) is 6.07 Å². The summed E-state index contributed by atoms with van der Waals surface area (Å²) in [4.78, 5) is 36.2. The molecular formula is C25H33FN4O5. The van der Waals surface area contributed by atoms with Crippen molar-refractivity contribution in [2.45, 2.75) is 44.6 Å². The van der Waals surface area contributed by atoms with Crippen molar-refractivity contribution in [2.24, 2.45) is 17.6 Å². The highest BCUT2D eigenvalue weighted by Crippen LogP contribution is 2.38. The fraction of sp³-hybridized carbons (Fsp3) is 0.560. The molecule has 10 heteroatoms. The Bertz CT molecular complexity index is 1150. The number of hydrogen-bond donors (Lipinski definition) is 4. The number of aromatic carboxylic acids is 1. The van der Waals surface area contributed by atoms with Crippen LogP contribution < -0.4 is 21.4 Å². The Kier molecular flexibility index (Phi) is 7.71. The van der Waals surface area contributed by atoms with Gasteiger partial charge in [0.25, 0.3) is 0 Å². The molecule has 0 unspecified atom stereocenters. The molecule has 0 amide bonds. The quantitative estimate of drug-likeness (QED) is 0.504. The molecule has 5 N–H and O–H groups in total. The van der Waals surface area contributed by atoms with Crippen molar-refractivity contribution < 1.29 is 24.2 Å². The lowest BCUT2D eigenvalue weighted by Gasteiger charge is -2.30. The summed E-state index contributed by atoms with van der Waals surface area (Å²) in [5, 5.41) is 21.3. The Morgan fingerprint density at radius 2 is 1.71 bits per heavy atom. The third kappa shape index (κ3) is 5.65. The second kappa shape index (κ2) is 10.7. The van der Waals surface area contributed by atoms with E-state index in [0.29, 0.717) is 36.8 Å². The summed E-state index contributed by atoms with van der Waals surface area (Å²) in [6, 6.07) is 3.08. The van der Waals surface area contributed by atoms with Gasteiger partial charge in [-0.2, -0.15) is 0 Å². The van der Waals surface area contributed by atoms with E-state index in [9.17, 15) is 23.9 Å². The lowest BCUT2D eigenvalue weighted by Crippen LogP contribution is -2.43. The molecule has 0 radical (unpaired) electrons. The number of nitrogens with two attached hydrogens (primary N) is 1. The second-order valence-corrected chi connectivity index (χ2v) is 9.66. The van der Waals surface area contributed by atoms with Crippen LogP contribution in [-0.4, -0.2) is 59.4 Å². The summed E-state index contributed by atoms with van der Waals surface area (Å²) >= 11 is 0. The number of nitrogens with zero attached hydrogens (tertiary/aromatic N) is 2. The molecule has 3 aliphatic rings. The maximum absolute atomic E-state index is 14.6. The van der Waals surface area contributed by atoms with Crippen molar-refractivity contribution >= 4 is 28.5 Å². The van der Waals surface area contributed by atoms with Crippen LogP contribution in [-0.2, 0) is 4.79 Å². The van der Waals surface area contributed by atoms with Crippen LogP contribution in [0.1, 0.15) is 54.9 Å². The van der Waals surface area contributed by atoms with E-state index in [1.807, 2.05) is 9.47 Å². The molecule has 190 valence electrons. The van der Waals surface area contributed by atoms with Crippen LogP contribution in [0, 0.1) is 17.7 Å². The molecule has 35 heavy (non-hydrogen) atoms. The van der Waals surface area contributed by atoms with Crippen molar-refractivity contribution in [1.29, 1.82) is 0 Å². The van der Waals surface area contributed by atoms with Gasteiger partial charge in [-0.15, -0.1) is 0 Å². The van der Waals surface area contributed by atoms with E-state index >= 15 is 0 Å². The van der Waals surface area contributed by atoms with Gasteiger partial charge in [-0.1, -0.05) is 0 Å². The Labute approximate surface area is 202 Å². The molecule has 0 spiro atoms. The van der Waals surface area contributed by atoms with Crippen LogP contribution in [0.15, 0.2) is 23.1 Å². The topological polar surface area (TPSA) is 138 Å². The lowest BCUT2D eigenvalue weighted by molar-refractivity contribution is -0.143. The number of carbonyl (C=O) groups is 2. The van der Waals surface area contributed by atoms with Gasteiger partial charge in [0.15, 0.2) is 0 Å². The van der Waals surface area contributed by atoms with Crippen LogP contribution >= 0.6 is 0 Å². The van der Waals surface area contributed by atoms with E-state index in [4.69, 9.17) is 10.8 Å². The monoisotopic (exact) mass is 488 g/mol.